The van der Waals surface area contributed by atoms with E-state index in [-0.39, 0.29) is 0 Å². The highest BCUT2D eigenvalue weighted by atomic mass is 28.3. The zero-order chi connectivity index (χ0) is 36.1. The summed E-state index contributed by atoms with van der Waals surface area (Å²) in [5, 5.41) is 12.9. The van der Waals surface area contributed by atoms with Gasteiger partial charge in [0.15, 0.2) is 0 Å². The third-order valence-electron chi connectivity index (χ3n) is 12.4. The van der Waals surface area contributed by atoms with Gasteiger partial charge in [-0.15, -0.1) is 11.1 Å². The molecule has 0 bridgehead atoms. The molecule has 0 aliphatic carbocycles. The Labute approximate surface area is 304 Å². The Morgan fingerprint density at radius 3 is 0.840 bits per heavy atom. The maximum absolute atomic E-state index is 3.91. The van der Waals surface area contributed by atoms with E-state index in [2.05, 4.69) is 191 Å². The van der Waals surface area contributed by atoms with E-state index in [0.717, 1.165) is 11.1 Å². The molecule has 6 aromatic carbocycles. The third kappa shape index (κ3) is 5.90. The van der Waals surface area contributed by atoms with Gasteiger partial charge < -0.3 is 0 Å². The highest BCUT2D eigenvalue weighted by Crippen LogP contribution is 2.42. The van der Waals surface area contributed by atoms with E-state index in [9.17, 15) is 0 Å². The second kappa shape index (κ2) is 13.7. The Balaban J connectivity index is 1.41. The van der Waals surface area contributed by atoms with Gasteiger partial charge in [-0.3, -0.25) is 0 Å². The van der Waals surface area contributed by atoms with Crippen LogP contribution < -0.4 is 0 Å². The number of hydrogen-bond donors (Lipinski definition) is 0. The summed E-state index contributed by atoms with van der Waals surface area (Å²) in [5.41, 5.74) is 13.9. The first kappa shape index (κ1) is 36.0. The molecular formula is C48H56Si2. The van der Waals surface area contributed by atoms with Crippen molar-refractivity contribution in [2.45, 2.75) is 116 Å². The quantitative estimate of drug-likeness (QED) is 0.0928. The van der Waals surface area contributed by atoms with Gasteiger partial charge in [0.2, 0.25) is 0 Å². The molecule has 256 valence electrons. The first-order valence-electron chi connectivity index (χ1n) is 19.0. The molecule has 0 aliphatic rings. The largest absolute Gasteiger partial charge is 0.146 e. The Morgan fingerprint density at radius 1 is 0.320 bits per heavy atom. The van der Waals surface area contributed by atoms with E-state index in [1.54, 1.807) is 0 Å². The molecule has 0 aromatic heterocycles. The number of benzene rings is 6. The topological polar surface area (TPSA) is 0 Å². The first-order valence-corrected chi connectivity index (χ1v) is 23.5. The van der Waals surface area contributed by atoms with Gasteiger partial charge in [-0.25, -0.2) is 0 Å². The van der Waals surface area contributed by atoms with Crippen molar-refractivity contribution in [3.8, 4) is 22.9 Å². The van der Waals surface area contributed by atoms with Crippen molar-refractivity contribution in [3.05, 3.63) is 96.1 Å². The van der Waals surface area contributed by atoms with E-state index in [0.29, 0.717) is 33.2 Å². The lowest BCUT2D eigenvalue weighted by Gasteiger charge is -2.38. The maximum Gasteiger partial charge on any atom is 0.146 e. The van der Waals surface area contributed by atoms with Crippen LogP contribution in [0.2, 0.25) is 33.2 Å². The lowest BCUT2D eigenvalue weighted by atomic mass is 9.92. The average molecular weight is 689 g/mol. The maximum atomic E-state index is 3.91. The fourth-order valence-corrected chi connectivity index (χ4v) is 20.4. The molecule has 0 aliphatic heterocycles. The molecule has 0 unspecified atom stereocenters. The van der Waals surface area contributed by atoms with Gasteiger partial charge >= 0.3 is 0 Å². The van der Waals surface area contributed by atoms with E-state index in [1.165, 1.54) is 53.9 Å². The van der Waals surface area contributed by atoms with Gasteiger partial charge in [-0.1, -0.05) is 156 Å². The summed E-state index contributed by atoms with van der Waals surface area (Å²) in [6.07, 6.45) is 0. The Kier molecular flexibility index (Phi) is 9.87. The molecule has 0 amide bonds. The average Bonchev–Trinajstić information content (AvgIpc) is 3.06. The highest BCUT2D eigenvalue weighted by molar-refractivity contribution is 6.91. The van der Waals surface area contributed by atoms with Crippen molar-refractivity contribution in [1.82, 2.24) is 0 Å². The van der Waals surface area contributed by atoms with E-state index in [1.807, 2.05) is 0 Å². The normalized spacial score (nSPS) is 12.8. The highest BCUT2D eigenvalue weighted by Gasteiger charge is 2.42. The van der Waals surface area contributed by atoms with E-state index in [4.69, 9.17) is 0 Å². The van der Waals surface area contributed by atoms with Gasteiger partial charge in [-0.05, 0) is 111 Å². The zero-order valence-corrected chi connectivity index (χ0v) is 34.5. The number of fused-ring (bicyclic) bond motifs is 9. The van der Waals surface area contributed by atoms with Crippen molar-refractivity contribution >= 4 is 70.0 Å². The van der Waals surface area contributed by atoms with Crippen molar-refractivity contribution < 1.29 is 0 Å². The Hall–Kier alpha value is -3.83. The van der Waals surface area contributed by atoms with Crippen LogP contribution in [0.3, 0.4) is 0 Å². The van der Waals surface area contributed by atoms with Crippen LogP contribution in [0.4, 0.5) is 0 Å². The first-order chi connectivity index (χ1) is 23.7. The van der Waals surface area contributed by atoms with Crippen molar-refractivity contribution in [1.29, 1.82) is 0 Å². The van der Waals surface area contributed by atoms with Gasteiger partial charge in [0, 0.05) is 11.1 Å². The van der Waals surface area contributed by atoms with Gasteiger partial charge in [-0.2, -0.15) is 0 Å². The fraction of sp³-hybridized carbons (Fsp3) is 0.375. The summed E-state index contributed by atoms with van der Waals surface area (Å²) >= 11 is 0. The monoisotopic (exact) mass is 688 g/mol. The second-order valence-corrected chi connectivity index (χ2v) is 27.9. The smallest absolute Gasteiger partial charge is 0.125 e. The minimum atomic E-state index is -1.78. The van der Waals surface area contributed by atoms with E-state index >= 15 is 0 Å². The summed E-state index contributed by atoms with van der Waals surface area (Å²) in [6.45, 7) is 28.6. The molecule has 0 fully saturated rings. The van der Waals surface area contributed by atoms with Gasteiger partial charge in [0.25, 0.3) is 0 Å². The van der Waals surface area contributed by atoms with E-state index < -0.39 is 16.1 Å². The zero-order valence-electron chi connectivity index (χ0n) is 32.5. The van der Waals surface area contributed by atoms with Crippen LogP contribution in [-0.2, 0) is 0 Å². The fourth-order valence-electron chi connectivity index (χ4n) is 9.90. The van der Waals surface area contributed by atoms with Crippen LogP contribution in [0.1, 0.15) is 94.2 Å². The molecule has 6 rings (SSSR count). The molecule has 0 atom stereocenters. The van der Waals surface area contributed by atoms with Crippen LogP contribution in [0.15, 0.2) is 84.9 Å². The summed E-state index contributed by atoms with van der Waals surface area (Å²) in [5.74, 6) is 7.34. The lowest BCUT2D eigenvalue weighted by molar-refractivity contribution is 0.838. The molecule has 0 saturated heterocycles. The minimum absolute atomic E-state index is 0.629. The van der Waals surface area contributed by atoms with Crippen LogP contribution in [0.5, 0.6) is 0 Å². The molecular weight excluding hydrogens is 633 g/mol. The second-order valence-electron chi connectivity index (χ2n) is 16.7. The number of hydrogen-bond acceptors (Lipinski definition) is 0. The SMILES string of the molecule is CC(C)[Si](C#Cc1ccc2c(ccc3c2ccc2c4ccc5cc(C#C[Si](C(C)C)(C(C)C)C(C)C)ccc5c4ccc32)c1)(C(C)C)C(C)C. The Bertz CT molecular complexity index is 2150. The minimum Gasteiger partial charge on any atom is -0.125 e. The summed E-state index contributed by atoms with van der Waals surface area (Å²) in [7, 11) is -3.57. The molecule has 0 N–H and O–H groups in total. The van der Waals surface area contributed by atoms with Crippen LogP contribution in [-0.4, -0.2) is 16.1 Å². The van der Waals surface area contributed by atoms with Gasteiger partial charge in [0.1, 0.15) is 16.1 Å². The molecule has 6 aromatic rings. The Morgan fingerprint density at radius 2 is 0.560 bits per heavy atom. The third-order valence-corrected chi connectivity index (χ3v) is 25.0. The standard InChI is InChI=1S/C48H56Si2/c1-31(2)49(32(3)4,33(5)6)27-25-37-13-17-41-39(29-37)15-19-45-43(41)21-23-48-46-20-16-40-30-38(14-18-42(40)44(46)22-24-47(45)48)26-28-50(34(7)8,35(9)10)36(11)12/h13-24,29-36H,1-12H3. The molecule has 0 nitrogen and oxygen atoms in total. The molecule has 0 spiro atoms. The lowest BCUT2D eigenvalue weighted by Crippen LogP contribution is -2.43. The summed E-state index contributed by atoms with van der Waals surface area (Å²) < 4.78 is 0. The predicted octanol–water partition coefficient (Wildman–Crippen LogP) is 14.6. The predicted molar refractivity (Wildman–Crippen MR) is 230 cm³/mol. The van der Waals surface area contributed by atoms with Crippen LogP contribution in [0, 0.1) is 22.9 Å². The molecule has 0 heterocycles. The summed E-state index contributed by atoms with van der Waals surface area (Å²) in [6, 6.07) is 32.2. The van der Waals surface area contributed by atoms with Gasteiger partial charge in [0.05, 0.1) is 0 Å². The van der Waals surface area contributed by atoms with Crippen molar-refractivity contribution in [2.24, 2.45) is 0 Å². The molecule has 0 saturated carbocycles. The molecule has 0 radical (unpaired) electrons. The van der Waals surface area contributed by atoms with Crippen molar-refractivity contribution in [3.63, 3.8) is 0 Å². The molecule has 50 heavy (non-hydrogen) atoms. The van der Waals surface area contributed by atoms with Crippen LogP contribution in [0.25, 0.3) is 53.9 Å². The molecule has 2 heteroatoms. The summed E-state index contributed by atoms with van der Waals surface area (Å²) in [4.78, 5) is 0. The number of rotatable bonds is 6. The van der Waals surface area contributed by atoms with Crippen LogP contribution >= 0.6 is 0 Å². The van der Waals surface area contributed by atoms with Crippen molar-refractivity contribution in [2.75, 3.05) is 0 Å².